The first kappa shape index (κ1) is 22.2. The quantitative estimate of drug-likeness (QED) is 0.506. The molecular formula is C19H27N5O2S2. The van der Waals surface area contributed by atoms with Gasteiger partial charge in [0.2, 0.25) is 11.0 Å². The number of anilines is 2. The number of carbonyl (C=O) groups is 2. The number of benzene rings is 1. The Morgan fingerprint density at radius 3 is 2.50 bits per heavy atom. The number of hydrogen-bond acceptors (Lipinski definition) is 7. The minimum atomic E-state index is -0.194. The number of hydrogen-bond donors (Lipinski definition) is 3. The number of aromatic nitrogens is 2. The standard InChI is InChI=1S/C19H27N5O2S2/c1-12(2)9-20-17(26)14-7-5-6-8-15(14)22-16(25)11-27-19-24-23-18(28-19)21-10-13(3)4/h5-8,12-13H,9-11H2,1-4H3,(H,20,26)(H,21,23)(H,22,25). The van der Waals surface area contributed by atoms with E-state index in [0.717, 1.165) is 16.0 Å². The monoisotopic (exact) mass is 421 g/mol. The van der Waals surface area contributed by atoms with Crippen molar-refractivity contribution in [2.24, 2.45) is 11.8 Å². The van der Waals surface area contributed by atoms with Crippen molar-refractivity contribution < 1.29 is 9.59 Å². The summed E-state index contributed by atoms with van der Waals surface area (Å²) in [6.07, 6.45) is 0. The zero-order valence-corrected chi connectivity index (χ0v) is 18.2. The Bertz CT molecular complexity index is 792. The van der Waals surface area contributed by atoms with E-state index in [1.165, 1.54) is 23.1 Å². The van der Waals surface area contributed by atoms with E-state index in [4.69, 9.17) is 0 Å². The second-order valence-electron chi connectivity index (χ2n) is 7.13. The molecular weight excluding hydrogens is 394 g/mol. The van der Waals surface area contributed by atoms with Gasteiger partial charge in [0, 0.05) is 13.1 Å². The van der Waals surface area contributed by atoms with Crippen LogP contribution in [0.2, 0.25) is 0 Å². The molecule has 0 aliphatic rings. The molecule has 0 aliphatic carbocycles. The minimum absolute atomic E-state index is 0.192. The number of carbonyl (C=O) groups excluding carboxylic acids is 2. The van der Waals surface area contributed by atoms with Gasteiger partial charge in [-0.25, -0.2) is 0 Å². The van der Waals surface area contributed by atoms with Crippen LogP contribution >= 0.6 is 23.1 Å². The van der Waals surface area contributed by atoms with Crippen LogP contribution in [0.4, 0.5) is 10.8 Å². The van der Waals surface area contributed by atoms with Crippen LogP contribution in [-0.2, 0) is 4.79 Å². The molecule has 9 heteroatoms. The first-order chi connectivity index (χ1) is 13.3. The minimum Gasteiger partial charge on any atom is -0.360 e. The smallest absolute Gasteiger partial charge is 0.253 e. The molecule has 0 atom stereocenters. The molecule has 28 heavy (non-hydrogen) atoms. The molecule has 0 saturated heterocycles. The highest BCUT2D eigenvalue weighted by atomic mass is 32.2. The number of rotatable bonds is 10. The van der Waals surface area contributed by atoms with Gasteiger partial charge in [-0.1, -0.05) is 62.9 Å². The second-order valence-corrected chi connectivity index (χ2v) is 9.33. The van der Waals surface area contributed by atoms with E-state index in [0.29, 0.717) is 29.6 Å². The van der Waals surface area contributed by atoms with Crippen molar-refractivity contribution in [2.45, 2.75) is 32.0 Å². The van der Waals surface area contributed by atoms with Gasteiger partial charge in [0.15, 0.2) is 4.34 Å². The third-order valence-corrected chi connectivity index (χ3v) is 5.53. The molecule has 0 saturated carbocycles. The molecule has 0 aliphatic heterocycles. The summed E-state index contributed by atoms with van der Waals surface area (Å²) < 4.78 is 0.726. The Morgan fingerprint density at radius 2 is 1.79 bits per heavy atom. The molecule has 0 radical (unpaired) electrons. The molecule has 3 N–H and O–H groups in total. The zero-order valence-electron chi connectivity index (χ0n) is 16.6. The van der Waals surface area contributed by atoms with E-state index >= 15 is 0 Å². The fourth-order valence-electron chi connectivity index (χ4n) is 2.13. The van der Waals surface area contributed by atoms with Gasteiger partial charge in [-0.2, -0.15) is 0 Å². The first-order valence-corrected chi connectivity index (χ1v) is 11.0. The summed E-state index contributed by atoms with van der Waals surface area (Å²) in [5.74, 6) is 0.682. The summed E-state index contributed by atoms with van der Waals surface area (Å²) in [6, 6.07) is 7.00. The topological polar surface area (TPSA) is 96.0 Å². The van der Waals surface area contributed by atoms with E-state index in [-0.39, 0.29) is 17.6 Å². The van der Waals surface area contributed by atoms with Gasteiger partial charge in [-0.15, -0.1) is 10.2 Å². The molecule has 0 unspecified atom stereocenters. The lowest BCUT2D eigenvalue weighted by Crippen LogP contribution is -2.28. The summed E-state index contributed by atoms with van der Waals surface area (Å²) >= 11 is 2.75. The van der Waals surface area contributed by atoms with Crippen LogP contribution < -0.4 is 16.0 Å². The highest BCUT2D eigenvalue weighted by Gasteiger charge is 2.14. The SMILES string of the molecule is CC(C)CNC(=O)c1ccccc1NC(=O)CSc1nnc(NCC(C)C)s1. The van der Waals surface area contributed by atoms with Crippen LogP contribution in [0.15, 0.2) is 28.6 Å². The maximum Gasteiger partial charge on any atom is 0.253 e. The Labute approximate surface area is 174 Å². The molecule has 7 nitrogen and oxygen atoms in total. The Morgan fingerprint density at radius 1 is 1.07 bits per heavy atom. The molecule has 1 aromatic carbocycles. The van der Waals surface area contributed by atoms with Gasteiger partial charge in [0.05, 0.1) is 17.0 Å². The lowest BCUT2D eigenvalue weighted by Gasteiger charge is -2.12. The summed E-state index contributed by atoms with van der Waals surface area (Å²) in [5, 5.41) is 17.8. The summed E-state index contributed by atoms with van der Waals surface area (Å²) in [5.41, 5.74) is 0.962. The fraction of sp³-hybridized carbons (Fsp3) is 0.474. The van der Waals surface area contributed by atoms with Crippen LogP contribution in [-0.4, -0.2) is 40.9 Å². The van der Waals surface area contributed by atoms with Crippen molar-refractivity contribution in [1.29, 1.82) is 0 Å². The van der Waals surface area contributed by atoms with Gasteiger partial charge < -0.3 is 16.0 Å². The molecule has 0 bridgehead atoms. The van der Waals surface area contributed by atoms with Gasteiger partial charge in [-0.3, -0.25) is 9.59 Å². The van der Waals surface area contributed by atoms with Crippen LogP contribution in [0.1, 0.15) is 38.1 Å². The summed E-state index contributed by atoms with van der Waals surface area (Å²) in [4.78, 5) is 24.7. The van der Waals surface area contributed by atoms with Crippen LogP contribution in [0.25, 0.3) is 0 Å². The van der Waals surface area contributed by atoms with Crippen molar-refractivity contribution in [3.05, 3.63) is 29.8 Å². The normalized spacial score (nSPS) is 10.9. The Kier molecular flexibility index (Phi) is 8.72. The van der Waals surface area contributed by atoms with E-state index in [1.54, 1.807) is 24.3 Å². The predicted molar refractivity (Wildman–Crippen MR) is 116 cm³/mol. The van der Waals surface area contributed by atoms with E-state index < -0.39 is 0 Å². The molecule has 2 rings (SSSR count). The number of amides is 2. The second kappa shape index (κ2) is 11.0. The summed E-state index contributed by atoms with van der Waals surface area (Å²) in [7, 11) is 0. The molecule has 2 amide bonds. The van der Waals surface area contributed by atoms with Crippen molar-refractivity contribution >= 4 is 45.7 Å². The molecule has 152 valence electrons. The van der Waals surface area contributed by atoms with Crippen molar-refractivity contribution in [1.82, 2.24) is 15.5 Å². The largest absolute Gasteiger partial charge is 0.360 e. The molecule has 0 spiro atoms. The van der Waals surface area contributed by atoms with Crippen LogP contribution in [0, 0.1) is 11.8 Å². The Hall–Kier alpha value is -2.13. The maximum absolute atomic E-state index is 12.4. The summed E-state index contributed by atoms with van der Waals surface area (Å²) in [6.45, 7) is 9.71. The van der Waals surface area contributed by atoms with Gasteiger partial charge in [-0.05, 0) is 24.0 Å². The number of nitrogens with one attached hydrogen (secondary N) is 3. The van der Waals surface area contributed by atoms with Gasteiger partial charge in [0.1, 0.15) is 0 Å². The predicted octanol–water partition coefficient (Wildman–Crippen LogP) is 3.72. The molecule has 1 aromatic heterocycles. The fourth-order valence-corrected chi connectivity index (χ4v) is 3.69. The lowest BCUT2D eigenvalue weighted by atomic mass is 10.1. The third kappa shape index (κ3) is 7.47. The maximum atomic E-state index is 12.4. The van der Waals surface area contributed by atoms with Crippen LogP contribution in [0.5, 0.6) is 0 Å². The average Bonchev–Trinajstić information content (AvgIpc) is 3.11. The number of nitrogens with zero attached hydrogens (tertiary/aromatic N) is 2. The third-order valence-electron chi connectivity index (χ3n) is 3.51. The van der Waals surface area contributed by atoms with Crippen molar-refractivity contribution in [3.63, 3.8) is 0 Å². The van der Waals surface area contributed by atoms with Gasteiger partial charge in [0.25, 0.3) is 5.91 Å². The van der Waals surface area contributed by atoms with Crippen molar-refractivity contribution in [2.75, 3.05) is 29.5 Å². The van der Waals surface area contributed by atoms with E-state index in [9.17, 15) is 9.59 Å². The van der Waals surface area contributed by atoms with Crippen LogP contribution in [0.3, 0.4) is 0 Å². The lowest BCUT2D eigenvalue weighted by molar-refractivity contribution is -0.113. The van der Waals surface area contributed by atoms with E-state index in [2.05, 4.69) is 40.0 Å². The highest BCUT2D eigenvalue weighted by molar-refractivity contribution is 8.01. The Balaban J connectivity index is 1.89. The van der Waals surface area contributed by atoms with E-state index in [1.807, 2.05) is 13.8 Å². The molecule has 0 fully saturated rings. The van der Waals surface area contributed by atoms with Crippen molar-refractivity contribution in [3.8, 4) is 0 Å². The molecule has 2 aromatic rings. The number of para-hydroxylation sites is 1. The first-order valence-electron chi connectivity index (χ1n) is 9.22. The number of thioether (sulfide) groups is 1. The zero-order chi connectivity index (χ0) is 20.5. The average molecular weight is 422 g/mol. The highest BCUT2D eigenvalue weighted by Crippen LogP contribution is 2.26. The van der Waals surface area contributed by atoms with Gasteiger partial charge >= 0.3 is 0 Å². The molecule has 1 heterocycles.